The van der Waals surface area contributed by atoms with E-state index in [1.54, 1.807) is 32.3 Å². The Balaban J connectivity index is 0.000000431. The first-order valence-electron chi connectivity index (χ1n) is 7.75. The maximum atomic E-state index is 5.17. The fraction of sp³-hybridized carbons (Fsp3) is 0.167. The minimum atomic E-state index is 0.338. The van der Waals surface area contributed by atoms with Gasteiger partial charge in [-0.05, 0) is 60.7 Å². The number of methoxy groups -OCH3 is 2. The second-order valence-corrected chi connectivity index (χ2v) is 5.48. The maximum Gasteiger partial charge on any atom is 0.163 e. The Hall–Kier alpha value is -3.13. The van der Waals surface area contributed by atoms with Crippen LogP contribution in [0.2, 0.25) is 0 Å². The topological polar surface area (TPSA) is 87.2 Å². The molecule has 0 bridgehead atoms. The lowest BCUT2D eigenvalue weighted by Crippen LogP contribution is -2.24. The lowest BCUT2D eigenvalue weighted by atomic mass is 10.2. The lowest BCUT2D eigenvalue weighted by molar-refractivity contribution is 0.414. The highest BCUT2D eigenvalue weighted by molar-refractivity contribution is 7.80. The highest BCUT2D eigenvalue weighted by Crippen LogP contribution is 2.23. The molecule has 8 heteroatoms. The van der Waals surface area contributed by atoms with Gasteiger partial charge in [0, 0.05) is 12.6 Å². The minimum Gasteiger partial charge on any atom is -0.497 e. The van der Waals surface area contributed by atoms with Gasteiger partial charge in [-0.15, -0.1) is 0 Å². The van der Waals surface area contributed by atoms with Gasteiger partial charge in [0.25, 0.3) is 0 Å². The molecule has 0 aliphatic rings. The number of ether oxygens (including phenoxy) is 2. The molecule has 2 aromatic carbocycles. The summed E-state index contributed by atoms with van der Waals surface area (Å²) in [4.78, 5) is 4.34. The summed E-state index contributed by atoms with van der Waals surface area (Å²) < 4.78 is 12.1. The zero-order valence-electron chi connectivity index (χ0n) is 14.8. The van der Waals surface area contributed by atoms with Crippen molar-refractivity contribution in [3.05, 3.63) is 54.9 Å². The third kappa shape index (κ3) is 4.93. The van der Waals surface area contributed by atoms with Crippen molar-refractivity contribution in [1.82, 2.24) is 20.1 Å². The van der Waals surface area contributed by atoms with Crippen LogP contribution in [0, 0.1) is 0 Å². The van der Waals surface area contributed by atoms with E-state index in [9.17, 15) is 0 Å². The number of aromatic nitrogens is 3. The predicted octanol–water partition coefficient (Wildman–Crippen LogP) is 2.40. The van der Waals surface area contributed by atoms with Crippen LogP contribution in [0.4, 0.5) is 0 Å². The molecule has 0 unspecified atom stereocenters. The summed E-state index contributed by atoms with van der Waals surface area (Å²) in [6.45, 7) is 0. The minimum absolute atomic E-state index is 0.338. The van der Waals surface area contributed by atoms with Gasteiger partial charge in [-0.1, -0.05) is 0 Å². The molecular formula is C18H21N5O2S. The van der Waals surface area contributed by atoms with Crippen LogP contribution in [0.5, 0.6) is 11.5 Å². The van der Waals surface area contributed by atoms with Crippen molar-refractivity contribution in [2.75, 3.05) is 21.3 Å². The molecule has 0 radical (unpaired) electrons. The monoisotopic (exact) mass is 371 g/mol. The lowest BCUT2D eigenvalue weighted by Gasteiger charge is -2.07. The molecule has 3 rings (SSSR count). The molecular weight excluding hydrogens is 350 g/mol. The molecule has 0 spiro atoms. The highest BCUT2D eigenvalue weighted by Gasteiger charge is 2.09. The fourth-order valence-electron chi connectivity index (χ4n) is 2.09. The predicted molar refractivity (Wildman–Crippen MR) is 106 cm³/mol. The Morgan fingerprint density at radius 2 is 1.50 bits per heavy atom. The number of hydrogen-bond donors (Lipinski definition) is 2. The summed E-state index contributed by atoms with van der Waals surface area (Å²) >= 11 is 4.36. The van der Waals surface area contributed by atoms with Crippen LogP contribution in [0.3, 0.4) is 0 Å². The largest absolute Gasteiger partial charge is 0.497 e. The number of nitrogens with one attached hydrogen (secondary N) is 1. The van der Waals surface area contributed by atoms with Gasteiger partial charge in [0.05, 0.1) is 19.9 Å². The molecule has 0 aliphatic heterocycles. The van der Waals surface area contributed by atoms with Crippen molar-refractivity contribution < 1.29 is 9.47 Å². The molecule has 0 saturated carbocycles. The van der Waals surface area contributed by atoms with Crippen LogP contribution in [0.1, 0.15) is 0 Å². The van der Waals surface area contributed by atoms with Gasteiger partial charge >= 0.3 is 0 Å². The van der Waals surface area contributed by atoms with Crippen LogP contribution >= 0.6 is 12.2 Å². The van der Waals surface area contributed by atoms with Crippen molar-refractivity contribution in [3.8, 4) is 28.6 Å². The second kappa shape index (κ2) is 9.38. The third-order valence-electron chi connectivity index (χ3n) is 3.46. The quantitative estimate of drug-likeness (QED) is 0.681. The molecule has 0 saturated heterocycles. The molecule has 136 valence electrons. The summed E-state index contributed by atoms with van der Waals surface area (Å²) in [6.07, 6.45) is 1.55. The Morgan fingerprint density at radius 1 is 1.00 bits per heavy atom. The van der Waals surface area contributed by atoms with Crippen molar-refractivity contribution in [2.24, 2.45) is 5.73 Å². The normalized spacial score (nSPS) is 9.65. The molecule has 0 fully saturated rings. The van der Waals surface area contributed by atoms with Crippen LogP contribution in [-0.2, 0) is 0 Å². The summed E-state index contributed by atoms with van der Waals surface area (Å²) in [7, 11) is 4.98. The van der Waals surface area contributed by atoms with Crippen molar-refractivity contribution >= 4 is 17.3 Å². The molecule has 26 heavy (non-hydrogen) atoms. The van der Waals surface area contributed by atoms with Crippen LogP contribution in [0.25, 0.3) is 17.1 Å². The first kappa shape index (κ1) is 19.2. The smallest absolute Gasteiger partial charge is 0.163 e. The molecule has 0 amide bonds. The molecule has 0 atom stereocenters. The van der Waals surface area contributed by atoms with Crippen molar-refractivity contribution in [3.63, 3.8) is 0 Å². The van der Waals surface area contributed by atoms with Gasteiger partial charge in [0.2, 0.25) is 0 Å². The number of thiocarbonyl (C=S) groups is 1. The average molecular weight is 371 g/mol. The second-order valence-electron chi connectivity index (χ2n) is 5.04. The first-order valence-corrected chi connectivity index (χ1v) is 8.16. The number of benzene rings is 2. The van der Waals surface area contributed by atoms with Crippen LogP contribution in [-0.4, -0.2) is 41.1 Å². The van der Waals surface area contributed by atoms with Crippen molar-refractivity contribution in [2.45, 2.75) is 0 Å². The summed E-state index contributed by atoms with van der Waals surface area (Å²) in [5, 5.41) is 7.17. The number of nitrogens with zero attached hydrogens (tertiary/aromatic N) is 3. The number of rotatable bonds is 4. The van der Waals surface area contributed by atoms with E-state index in [4.69, 9.17) is 15.2 Å². The molecule has 3 N–H and O–H groups in total. The number of nitrogens with two attached hydrogens (primary N) is 1. The SMILES string of the molecule is CNC(N)=S.COc1ccc(-c2ncnn2-c2ccc(OC)cc2)cc1. The summed E-state index contributed by atoms with van der Waals surface area (Å²) in [5.41, 5.74) is 6.82. The standard InChI is InChI=1S/C16H15N3O2.C2H6N2S/c1-20-14-7-3-12(4-8-14)16-17-11-18-19(16)13-5-9-15(21-2)10-6-13;1-4-2(3)5/h3-11H,1-2H3;1H3,(H3,3,4,5). The highest BCUT2D eigenvalue weighted by atomic mass is 32.1. The van der Waals surface area contributed by atoms with Gasteiger partial charge in [0.15, 0.2) is 10.9 Å². The van der Waals surface area contributed by atoms with Gasteiger partial charge in [-0.25, -0.2) is 9.67 Å². The van der Waals surface area contributed by atoms with Crippen molar-refractivity contribution in [1.29, 1.82) is 0 Å². The molecule has 0 aliphatic carbocycles. The fourth-order valence-corrected chi connectivity index (χ4v) is 2.09. The van der Waals surface area contributed by atoms with Gasteiger partial charge < -0.3 is 20.5 Å². The Labute approximate surface area is 157 Å². The zero-order chi connectivity index (χ0) is 18.9. The molecule has 7 nitrogen and oxygen atoms in total. The molecule has 1 aromatic heterocycles. The average Bonchev–Trinajstić information content (AvgIpc) is 3.18. The van der Waals surface area contributed by atoms with Gasteiger partial charge in [-0.2, -0.15) is 5.10 Å². The Kier molecular flexibility index (Phi) is 6.92. The third-order valence-corrected chi connectivity index (χ3v) is 3.66. The van der Waals surface area contributed by atoms with Gasteiger partial charge in [-0.3, -0.25) is 0 Å². The first-order chi connectivity index (χ1) is 12.6. The van der Waals surface area contributed by atoms with E-state index in [1.807, 2.05) is 48.5 Å². The molecule has 1 heterocycles. The molecule has 3 aromatic rings. The summed E-state index contributed by atoms with van der Waals surface area (Å²) in [6, 6.07) is 15.4. The van der Waals surface area contributed by atoms with E-state index in [1.165, 1.54) is 0 Å². The maximum absolute atomic E-state index is 5.17. The van der Waals surface area contributed by atoms with E-state index >= 15 is 0 Å². The van der Waals surface area contributed by atoms with E-state index in [-0.39, 0.29) is 0 Å². The van der Waals surface area contributed by atoms with Crippen LogP contribution < -0.4 is 20.5 Å². The van der Waals surface area contributed by atoms with E-state index in [0.29, 0.717) is 5.11 Å². The van der Waals surface area contributed by atoms with Gasteiger partial charge in [0.1, 0.15) is 17.8 Å². The summed E-state index contributed by atoms with van der Waals surface area (Å²) in [5.74, 6) is 2.40. The number of hydrogen-bond acceptors (Lipinski definition) is 5. The van der Waals surface area contributed by atoms with E-state index < -0.39 is 0 Å². The zero-order valence-corrected chi connectivity index (χ0v) is 15.7. The van der Waals surface area contributed by atoms with Crippen LogP contribution in [0.15, 0.2) is 54.9 Å². The Bertz CT molecular complexity index is 770. The van der Waals surface area contributed by atoms with E-state index in [0.717, 1.165) is 28.6 Å². The van der Waals surface area contributed by atoms with E-state index in [2.05, 4.69) is 27.6 Å². The Morgan fingerprint density at radius 3 is 1.96 bits per heavy atom.